The standard InChI is InChI=1S/C30H30N2O4/c1-4-18-30(19-5-2,23-8-12-25(13-9-23)32-28(35)16-17-29(32)36)20-21(3)22-6-10-24(11-7-22)31-26(33)14-15-27(31)34/h6-17,20H,4-5,18-19H2,1-3H3. The van der Waals surface area contributed by atoms with Gasteiger partial charge in [0.05, 0.1) is 11.4 Å². The number of anilines is 2. The van der Waals surface area contributed by atoms with Crippen LogP contribution in [0.15, 0.2) is 78.9 Å². The van der Waals surface area contributed by atoms with Crippen LogP contribution >= 0.6 is 0 Å². The second kappa shape index (κ2) is 10.3. The molecule has 184 valence electrons. The molecule has 0 bridgehead atoms. The molecule has 36 heavy (non-hydrogen) atoms. The predicted octanol–water partition coefficient (Wildman–Crippen LogP) is 5.49. The molecule has 4 amide bonds. The summed E-state index contributed by atoms with van der Waals surface area (Å²) in [5.74, 6) is -1.31. The van der Waals surface area contributed by atoms with Crippen molar-refractivity contribution in [3.8, 4) is 0 Å². The quantitative estimate of drug-likeness (QED) is 0.443. The summed E-state index contributed by atoms with van der Waals surface area (Å²) in [6, 6.07) is 15.2. The number of carbonyl (C=O) groups is 4. The molecule has 0 unspecified atom stereocenters. The minimum absolute atomic E-state index is 0.215. The molecule has 2 aromatic carbocycles. The first kappa shape index (κ1) is 25.0. The molecule has 2 aliphatic rings. The number of nitrogens with zero attached hydrogens (tertiary/aromatic N) is 2. The van der Waals surface area contributed by atoms with Gasteiger partial charge in [0.25, 0.3) is 23.6 Å². The van der Waals surface area contributed by atoms with Gasteiger partial charge in [-0.25, -0.2) is 9.80 Å². The Morgan fingerprint density at radius 3 is 1.44 bits per heavy atom. The number of allylic oxidation sites excluding steroid dienone is 2. The summed E-state index contributed by atoms with van der Waals surface area (Å²) in [5.41, 5.74) is 4.15. The zero-order valence-corrected chi connectivity index (χ0v) is 20.9. The summed E-state index contributed by atoms with van der Waals surface area (Å²) < 4.78 is 0. The first-order valence-electron chi connectivity index (χ1n) is 12.3. The number of rotatable bonds is 9. The van der Waals surface area contributed by atoms with E-state index in [2.05, 4.69) is 26.8 Å². The van der Waals surface area contributed by atoms with Crippen LogP contribution in [-0.2, 0) is 24.6 Å². The number of imide groups is 2. The minimum atomic E-state index is -0.332. The molecule has 6 heteroatoms. The van der Waals surface area contributed by atoms with E-state index in [1.807, 2.05) is 36.4 Å². The van der Waals surface area contributed by atoms with Crippen molar-refractivity contribution in [1.29, 1.82) is 0 Å². The second-order valence-electron chi connectivity index (χ2n) is 9.27. The van der Waals surface area contributed by atoms with Crippen LogP contribution in [0.25, 0.3) is 5.57 Å². The Bertz CT molecular complexity index is 1240. The molecule has 0 radical (unpaired) electrons. The van der Waals surface area contributed by atoms with Crippen molar-refractivity contribution in [1.82, 2.24) is 0 Å². The molecule has 0 N–H and O–H groups in total. The van der Waals surface area contributed by atoms with Crippen molar-refractivity contribution in [2.24, 2.45) is 0 Å². The van der Waals surface area contributed by atoms with Crippen LogP contribution in [0, 0.1) is 0 Å². The molecule has 0 fully saturated rings. The van der Waals surface area contributed by atoms with Crippen molar-refractivity contribution in [2.75, 3.05) is 9.80 Å². The molecule has 2 heterocycles. The number of hydrogen-bond donors (Lipinski definition) is 0. The third-order valence-electron chi connectivity index (χ3n) is 6.78. The van der Waals surface area contributed by atoms with Crippen LogP contribution in [0.5, 0.6) is 0 Å². The monoisotopic (exact) mass is 482 g/mol. The number of hydrogen-bond acceptors (Lipinski definition) is 4. The highest BCUT2D eigenvalue weighted by atomic mass is 16.2. The van der Waals surface area contributed by atoms with Crippen LogP contribution in [0.1, 0.15) is 57.6 Å². The SMILES string of the molecule is CCCC(C=C(C)c1ccc(N2C(=O)C=CC2=O)cc1)(CCC)c1ccc(N2C(=O)C=CC2=O)cc1. The molecule has 0 atom stereocenters. The molecular weight excluding hydrogens is 452 g/mol. The Kier molecular flexibility index (Phi) is 7.15. The third kappa shape index (κ3) is 4.71. The zero-order valence-electron chi connectivity index (χ0n) is 20.9. The normalized spacial score (nSPS) is 16.1. The van der Waals surface area contributed by atoms with E-state index in [1.165, 1.54) is 29.2 Å². The molecular formula is C30H30N2O4. The van der Waals surface area contributed by atoms with Crippen LogP contribution in [0.2, 0.25) is 0 Å². The molecule has 0 aliphatic carbocycles. The van der Waals surface area contributed by atoms with Gasteiger partial charge in [-0.1, -0.05) is 57.0 Å². The lowest BCUT2D eigenvalue weighted by Gasteiger charge is -2.33. The molecule has 2 aromatic rings. The van der Waals surface area contributed by atoms with Crippen molar-refractivity contribution in [2.45, 2.75) is 51.9 Å². The van der Waals surface area contributed by atoms with E-state index in [-0.39, 0.29) is 29.0 Å². The Morgan fingerprint density at radius 1 is 0.667 bits per heavy atom. The van der Waals surface area contributed by atoms with Crippen molar-refractivity contribution in [3.63, 3.8) is 0 Å². The van der Waals surface area contributed by atoms with E-state index < -0.39 is 0 Å². The van der Waals surface area contributed by atoms with Gasteiger partial charge in [0.1, 0.15) is 0 Å². The lowest BCUT2D eigenvalue weighted by molar-refractivity contribution is -0.121. The van der Waals surface area contributed by atoms with Crippen molar-refractivity contribution in [3.05, 3.63) is 90.0 Å². The average molecular weight is 483 g/mol. The van der Waals surface area contributed by atoms with Crippen LogP contribution in [0.3, 0.4) is 0 Å². The fourth-order valence-electron chi connectivity index (χ4n) is 5.16. The highest BCUT2D eigenvalue weighted by Gasteiger charge is 2.30. The van der Waals surface area contributed by atoms with Crippen LogP contribution < -0.4 is 9.80 Å². The molecule has 0 aromatic heterocycles. The van der Waals surface area contributed by atoms with Gasteiger partial charge >= 0.3 is 0 Å². The first-order chi connectivity index (χ1) is 17.3. The lowest BCUT2D eigenvalue weighted by atomic mass is 9.72. The van der Waals surface area contributed by atoms with E-state index in [0.717, 1.165) is 47.3 Å². The lowest BCUT2D eigenvalue weighted by Crippen LogP contribution is -2.30. The van der Waals surface area contributed by atoms with E-state index >= 15 is 0 Å². The maximum absolute atomic E-state index is 12.1. The molecule has 4 rings (SSSR count). The minimum Gasteiger partial charge on any atom is -0.269 e. The summed E-state index contributed by atoms with van der Waals surface area (Å²) in [6.07, 6.45) is 11.3. The fourth-order valence-corrected chi connectivity index (χ4v) is 5.16. The summed E-state index contributed by atoms with van der Waals surface area (Å²) in [7, 11) is 0. The van der Waals surface area contributed by atoms with Gasteiger partial charge in [-0.3, -0.25) is 19.2 Å². The topological polar surface area (TPSA) is 74.8 Å². The Labute approximate surface area is 211 Å². The van der Waals surface area contributed by atoms with Gasteiger partial charge in [0, 0.05) is 29.7 Å². The van der Waals surface area contributed by atoms with Gasteiger partial charge in [0.2, 0.25) is 0 Å². The number of amides is 4. The summed E-state index contributed by atoms with van der Waals surface area (Å²) in [5, 5.41) is 0. The first-order valence-corrected chi connectivity index (χ1v) is 12.3. The van der Waals surface area contributed by atoms with Gasteiger partial charge < -0.3 is 0 Å². The Hall–Kier alpha value is -4.06. The molecule has 0 saturated heterocycles. The summed E-state index contributed by atoms with van der Waals surface area (Å²) in [4.78, 5) is 50.5. The largest absolute Gasteiger partial charge is 0.269 e. The zero-order chi connectivity index (χ0) is 25.9. The highest BCUT2D eigenvalue weighted by Crippen LogP contribution is 2.39. The van der Waals surface area contributed by atoms with Gasteiger partial charge in [-0.15, -0.1) is 0 Å². The molecule has 0 saturated carbocycles. The van der Waals surface area contributed by atoms with Gasteiger partial charge in [-0.2, -0.15) is 0 Å². The second-order valence-corrected chi connectivity index (χ2v) is 9.27. The number of carbonyl (C=O) groups excluding carboxylic acids is 4. The van der Waals surface area contributed by atoms with E-state index in [0.29, 0.717) is 11.4 Å². The van der Waals surface area contributed by atoms with Gasteiger partial charge in [0.15, 0.2) is 0 Å². The predicted molar refractivity (Wildman–Crippen MR) is 141 cm³/mol. The fraction of sp³-hybridized carbons (Fsp3) is 0.267. The summed E-state index contributed by atoms with van der Waals surface area (Å²) >= 11 is 0. The molecule has 2 aliphatic heterocycles. The maximum Gasteiger partial charge on any atom is 0.258 e. The van der Waals surface area contributed by atoms with Crippen molar-refractivity contribution >= 4 is 40.6 Å². The smallest absolute Gasteiger partial charge is 0.258 e. The summed E-state index contributed by atoms with van der Waals surface area (Å²) in [6.45, 7) is 6.41. The van der Waals surface area contributed by atoms with Crippen LogP contribution in [0.4, 0.5) is 11.4 Å². The van der Waals surface area contributed by atoms with Crippen LogP contribution in [-0.4, -0.2) is 23.6 Å². The van der Waals surface area contributed by atoms with E-state index in [9.17, 15) is 19.2 Å². The average Bonchev–Trinajstić information content (AvgIpc) is 3.39. The third-order valence-corrected chi connectivity index (χ3v) is 6.78. The van der Waals surface area contributed by atoms with E-state index in [4.69, 9.17) is 0 Å². The van der Waals surface area contributed by atoms with E-state index in [1.54, 1.807) is 12.1 Å². The maximum atomic E-state index is 12.1. The Balaban J connectivity index is 1.65. The van der Waals surface area contributed by atoms with Crippen molar-refractivity contribution < 1.29 is 19.2 Å². The molecule has 6 nitrogen and oxygen atoms in total. The van der Waals surface area contributed by atoms with Gasteiger partial charge in [-0.05, 0) is 60.7 Å². The molecule has 0 spiro atoms. The number of benzene rings is 2. The Morgan fingerprint density at radius 2 is 1.06 bits per heavy atom. The highest BCUT2D eigenvalue weighted by molar-refractivity contribution is 6.28.